The minimum Gasteiger partial charge on any atom is -0.497 e. The van der Waals surface area contributed by atoms with Crippen LogP contribution in [0.2, 0.25) is 0 Å². The summed E-state index contributed by atoms with van der Waals surface area (Å²) in [4.78, 5) is 39.0. The Kier molecular flexibility index (Phi) is 6.19. The minimum atomic E-state index is -0.861. The van der Waals surface area contributed by atoms with Crippen molar-refractivity contribution in [1.29, 1.82) is 0 Å². The van der Waals surface area contributed by atoms with E-state index in [0.717, 1.165) is 4.90 Å². The van der Waals surface area contributed by atoms with Crippen LogP contribution in [0.15, 0.2) is 24.3 Å². The van der Waals surface area contributed by atoms with Crippen molar-refractivity contribution < 1.29 is 38.1 Å². The number of ether oxygens (including phenoxy) is 5. The van der Waals surface area contributed by atoms with Crippen LogP contribution in [-0.2, 0) is 9.59 Å². The first-order chi connectivity index (χ1) is 14.9. The van der Waals surface area contributed by atoms with Crippen molar-refractivity contribution in [2.24, 2.45) is 0 Å². The molecule has 1 heterocycles. The third kappa shape index (κ3) is 3.79. The molecule has 1 aliphatic rings. The molecule has 3 rings (SSSR count). The van der Waals surface area contributed by atoms with Gasteiger partial charge in [-0.1, -0.05) is 0 Å². The Hall–Kier alpha value is -3.95. The number of ketones is 1. The SMILES string of the molecule is COc1ccc(NC(=O)CN2C(=O)C(=O)c3c2cc(OC)c(OC)c3OC)c(OC)c1. The molecule has 31 heavy (non-hydrogen) atoms. The van der Waals surface area contributed by atoms with Gasteiger partial charge in [0.2, 0.25) is 11.7 Å². The quantitative estimate of drug-likeness (QED) is 0.632. The second-order valence-corrected chi connectivity index (χ2v) is 6.37. The average molecular weight is 430 g/mol. The second-order valence-electron chi connectivity index (χ2n) is 6.37. The van der Waals surface area contributed by atoms with E-state index in [2.05, 4.69) is 5.32 Å². The zero-order valence-electron chi connectivity index (χ0n) is 17.7. The Bertz CT molecular complexity index is 1050. The van der Waals surface area contributed by atoms with Gasteiger partial charge in [0.1, 0.15) is 18.0 Å². The lowest BCUT2D eigenvalue weighted by molar-refractivity contribution is -0.118. The number of fused-ring (bicyclic) bond motifs is 1. The molecule has 0 aliphatic carbocycles. The molecular formula is C21H22N2O8. The number of amides is 2. The van der Waals surface area contributed by atoms with Gasteiger partial charge >= 0.3 is 0 Å². The second kappa shape index (κ2) is 8.82. The molecule has 0 aromatic heterocycles. The number of hydrogen-bond donors (Lipinski definition) is 1. The average Bonchev–Trinajstić information content (AvgIpc) is 3.02. The third-order valence-electron chi connectivity index (χ3n) is 4.75. The summed E-state index contributed by atoms with van der Waals surface area (Å²) >= 11 is 0. The van der Waals surface area contributed by atoms with Crippen molar-refractivity contribution in [3.8, 4) is 28.7 Å². The van der Waals surface area contributed by atoms with Gasteiger partial charge in [0, 0.05) is 12.1 Å². The number of benzene rings is 2. The van der Waals surface area contributed by atoms with Crippen LogP contribution < -0.4 is 33.9 Å². The molecule has 0 atom stereocenters. The zero-order valence-corrected chi connectivity index (χ0v) is 17.7. The van der Waals surface area contributed by atoms with E-state index in [1.807, 2.05) is 0 Å². The highest BCUT2D eigenvalue weighted by Gasteiger charge is 2.42. The van der Waals surface area contributed by atoms with E-state index in [9.17, 15) is 14.4 Å². The topological polar surface area (TPSA) is 113 Å². The fourth-order valence-corrected chi connectivity index (χ4v) is 3.31. The standard InChI is InChI=1S/C21H22N2O8/c1-27-11-6-7-12(14(8-11)28-2)22-16(24)10-23-13-9-15(29-3)19(30-4)20(31-5)17(13)18(25)21(23)26/h6-9H,10H2,1-5H3,(H,22,24). The lowest BCUT2D eigenvalue weighted by Crippen LogP contribution is -2.37. The predicted octanol–water partition coefficient (Wildman–Crippen LogP) is 1.90. The van der Waals surface area contributed by atoms with Crippen molar-refractivity contribution in [3.63, 3.8) is 0 Å². The van der Waals surface area contributed by atoms with E-state index in [4.69, 9.17) is 23.7 Å². The Morgan fingerprint density at radius 2 is 1.55 bits per heavy atom. The van der Waals surface area contributed by atoms with E-state index in [-0.39, 0.29) is 28.5 Å². The van der Waals surface area contributed by atoms with E-state index >= 15 is 0 Å². The van der Waals surface area contributed by atoms with E-state index in [1.165, 1.54) is 41.6 Å². The van der Waals surface area contributed by atoms with Crippen LogP contribution in [0.1, 0.15) is 10.4 Å². The van der Waals surface area contributed by atoms with E-state index in [0.29, 0.717) is 17.2 Å². The number of Topliss-reactive ketones (excluding diaryl/α,β-unsaturated/α-hetero) is 1. The number of carbonyl (C=O) groups is 3. The molecule has 2 aromatic rings. The molecule has 0 fully saturated rings. The van der Waals surface area contributed by atoms with Gasteiger partial charge in [-0.05, 0) is 12.1 Å². The molecule has 1 aliphatic heterocycles. The summed E-state index contributed by atoms with van der Waals surface area (Å²) < 4.78 is 26.3. The summed E-state index contributed by atoms with van der Waals surface area (Å²) in [7, 11) is 7.12. The monoisotopic (exact) mass is 430 g/mol. The summed E-state index contributed by atoms with van der Waals surface area (Å²) in [6, 6.07) is 6.33. The Labute approximate surface area is 178 Å². The normalized spacial score (nSPS) is 12.4. The molecule has 2 amide bonds. The van der Waals surface area contributed by atoms with Crippen LogP contribution in [-0.4, -0.2) is 59.7 Å². The lowest BCUT2D eigenvalue weighted by atomic mass is 10.1. The summed E-state index contributed by atoms with van der Waals surface area (Å²) in [6.07, 6.45) is 0. The maximum Gasteiger partial charge on any atom is 0.300 e. The molecule has 1 N–H and O–H groups in total. The largest absolute Gasteiger partial charge is 0.497 e. The number of nitrogens with one attached hydrogen (secondary N) is 1. The van der Waals surface area contributed by atoms with Crippen LogP contribution in [0.3, 0.4) is 0 Å². The Balaban J connectivity index is 1.93. The number of methoxy groups -OCH3 is 5. The smallest absolute Gasteiger partial charge is 0.300 e. The van der Waals surface area contributed by atoms with Crippen LogP contribution in [0.4, 0.5) is 11.4 Å². The van der Waals surface area contributed by atoms with Gasteiger partial charge in [0.15, 0.2) is 11.5 Å². The maximum absolute atomic E-state index is 12.7. The van der Waals surface area contributed by atoms with Crippen LogP contribution in [0.25, 0.3) is 0 Å². The van der Waals surface area contributed by atoms with Gasteiger partial charge in [0.05, 0.1) is 52.5 Å². The molecule has 2 aromatic carbocycles. The highest BCUT2D eigenvalue weighted by molar-refractivity contribution is 6.53. The number of anilines is 2. The first kappa shape index (κ1) is 21.8. The zero-order chi connectivity index (χ0) is 22.7. The fraction of sp³-hybridized carbons (Fsp3) is 0.286. The summed E-state index contributed by atoms with van der Waals surface area (Å²) in [5.74, 6) is -0.770. The number of hydrogen-bond acceptors (Lipinski definition) is 8. The molecule has 0 radical (unpaired) electrons. The van der Waals surface area contributed by atoms with E-state index in [1.54, 1.807) is 18.2 Å². The molecule has 0 saturated heterocycles. The number of carbonyl (C=O) groups excluding carboxylic acids is 3. The molecule has 164 valence electrons. The minimum absolute atomic E-state index is 0.0139. The van der Waals surface area contributed by atoms with Gasteiger partial charge in [-0.25, -0.2) is 0 Å². The van der Waals surface area contributed by atoms with Gasteiger partial charge in [0.25, 0.3) is 11.7 Å². The molecule has 10 nitrogen and oxygen atoms in total. The summed E-state index contributed by atoms with van der Waals surface area (Å²) in [5, 5.41) is 2.67. The van der Waals surface area contributed by atoms with Crippen molar-refractivity contribution >= 4 is 29.0 Å². The van der Waals surface area contributed by atoms with Crippen molar-refractivity contribution in [2.45, 2.75) is 0 Å². The van der Waals surface area contributed by atoms with E-state index < -0.39 is 24.1 Å². The first-order valence-electron chi connectivity index (χ1n) is 9.11. The van der Waals surface area contributed by atoms with Gasteiger partial charge in [-0.3, -0.25) is 19.3 Å². The molecule has 0 saturated carbocycles. The molecule has 0 bridgehead atoms. The lowest BCUT2D eigenvalue weighted by Gasteiger charge is -2.19. The summed E-state index contributed by atoms with van der Waals surface area (Å²) in [5.41, 5.74) is 0.595. The van der Waals surface area contributed by atoms with Crippen molar-refractivity contribution in [3.05, 3.63) is 29.8 Å². The van der Waals surface area contributed by atoms with Gasteiger partial charge in [-0.15, -0.1) is 0 Å². The van der Waals surface area contributed by atoms with Crippen molar-refractivity contribution in [1.82, 2.24) is 0 Å². The number of nitrogens with zero attached hydrogens (tertiary/aromatic N) is 1. The summed E-state index contributed by atoms with van der Waals surface area (Å²) in [6.45, 7) is -0.411. The van der Waals surface area contributed by atoms with Gasteiger partial charge in [-0.2, -0.15) is 0 Å². The molecule has 0 spiro atoms. The predicted molar refractivity (Wildman–Crippen MR) is 111 cm³/mol. The maximum atomic E-state index is 12.7. The highest BCUT2D eigenvalue weighted by Crippen LogP contribution is 2.48. The third-order valence-corrected chi connectivity index (χ3v) is 4.75. The van der Waals surface area contributed by atoms with Crippen LogP contribution >= 0.6 is 0 Å². The molecule has 0 unspecified atom stereocenters. The highest BCUT2D eigenvalue weighted by atomic mass is 16.5. The number of rotatable bonds is 8. The molecular weight excluding hydrogens is 408 g/mol. The first-order valence-corrected chi connectivity index (χ1v) is 9.11. The fourth-order valence-electron chi connectivity index (χ4n) is 3.31. The Morgan fingerprint density at radius 1 is 0.871 bits per heavy atom. The Morgan fingerprint density at radius 3 is 2.13 bits per heavy atom. The van der Waals surface area contributed by atoms with Gasteiger partial charge < -0.3 is 29.0 Å². The van der Waals surface area contributed by atoms with Crippen molar-refractivity contribution in [2.75, 3.05) is 52.3 Å². The molecule has 10 heteroatoms. The van der Waals surface area contributed by atoms with Crippen LogP contribution in [0, 0.1) is 0 Å². The van der Waals surface area contributed by atoms with Crippen LogP contribution in [0.5, 0.6) is 28.7 Å².